The van der Waals surface area contributed by atoms with Crippen molar-refractivity contribution < 1.29 is 28.5 Å². The summed E-state index contributed by atoms with van der Waals surface area (Å²) in [6, 6.07) is 24.3. The predicted molar refractivity (Wildman–Crippen MR) is 152 cm³/mol. The molecule has 0 aliphatic carbocycles. The number of aliphatic hydroxyl groups is 1. The van der Waals surface area contributed by atoms with E-state index in [4.69, 9.17) is 24.3 Å². The summed E-state index contributed by atoms with van der Waals surface area (Å²) < 4.78 is 30.4. The van der Waals surface area contributed by atoms with Gasteiger partial charge in [0.1, 0.15) is 18.2 Å². The zero-order chi connectivity index (χ0) is 28.2. The van der Waals surface area contributed by atoms with Crippen LogP contribution in [0.3, 0.4) is 0 Å². The number of methoxy groups -OCH3 is 1. The zero-order valence-corrected chi connectivity index (χ0v) is 22.4. The second-order valence-electron chi connectivity index (χ2n) is 9.15. The van der Waals surface area contributed by atoms with Gasteiger partial charge in [0.15, 0.2) is 11.6 Å². The number of amides is 1. The van der Waals surface area contributed by atoms with E-state index >= 15 is 0 Å². The lowest BCUT2D eigenvalue weighted by molar-refractivity contribution is -0.129. The largest absolute Gasteiger partial charge is 0.497 e. The average Bonchev–Trinajstić information content (AvgIpc) is 3.39. The maximum Gasteiger partial charge on any atom is 0.266 e. The van der Waals surface area contributed by atoms with Crippen LogP contribution in [0.1, 0.15) is 35.6 Å². The van der Waals surface area contributed by atoms with Crippen LogP contribution >= 0.6 is 0 Å². The van der Waals surface area contributed by atoms with Crippen molar-refractivity contribution in [2.75, 3.05) is 33.5 Å². The summed E-state index contributed by atoms with van der Waals surface area (Å²) in [5, 5.41) is 8.99. The van der Waals surface area contributed by atoms with Crippen LogP contribution in [0.15, 0.2) is 89.9 Å². The van der Waals surface area contributed by atoms with Crippen molar-refractivity contribution in [3.8, 4) is 11.5 Å². The standard InChI is InChI=1S/C31H34FN3O5/c1-38-27-12-5-11-25(22-27)28-31(30(37)35-33-19-18-32,17-6-10-23-8-3-2-4-9-23)34-29(40-28)24-13-15-26(16-14-24)39-21-7-20-36/h2-6,8-16,22,28,33,36H,7,17-21H2,1H3,(H,35,37)/b10-6+/t28-,31-/m0/s1. The molecule has 210 valence electrons. The van der Waals surface area contributed by atoms with Gasteiger partial charge in [0.25, 0.3) is 5.91 Å². The zero-order valence-electron chi connectivity index (χ0n) is 22.4. The van der Waals surface area contributed by atoms with Gasteiger partial charge in [0.05, 0.1) is 13.7 Å². The maximum atomic E-state index is 13.8. The van der Waals surface area contributed by atoms with E-state index in [9.17, 15) is 9.18 Å². The predicted octanol–water partition coefficient (Wildman–Crippen LogP) is 4.41. The Labute approximate surface area is 233 Å². The minimum Gasteiger partial charge on any atom is -0.497 e. The molecule has 0 radical (unpaired) electrons. The van der Waals surface area contributed by atoms with Crippen LogP contribution in [0.4, 0.5) is 4.39 Å². The topological polar surface area (TPSA) is 101 Å². The average molecular weight is 548 g/mol. The molecule has 3 N–H and O–H groups in total. The minimum absolute atomic E-state index is 0.0410. The first-order chi connectivity index (χ1) is 19.6. The van der Waals surface area contributed by atoms with Crippen LogP contribution in [0, 0.1) is 0 Å². The molecule has 1 aliphatic rings. The number of alkyl halides is 1. The molecule has 1 aliphatic heterocycles. The van der Waals surface area contributed by atoms with Crippen molar-refractivity contribution in [2.45, 2.75) is 24.5 Å². The third-order valence-corrected chi connectivity index (χ3v) is 6.39. The van der Waals surface area contributed by atoms with Gasteiger partial charge in [-0.15, -0.1) is 0 Å². The smallest absolute Gasteiger partial charge is 0.266 e. The number of hydrazine groups is 1. The van der Waals surface area contributed by atoms with Crippen LogP contribution in [-0.4, -0.2) is 56.0 Å². The van der Waals surface area contributed by atoms with E-state index in [0.717, 1.165) is 5.56 Å². The summed E-state index contributed by atoms with van der Waals surface area (Å²) in [6.45, 7) is -0.232. The molecule has 40 heavy (non-hydrogen) atoms. The van der Waals surface area contributed by atoms with Gasteiger partial charge < -0.3 is 19.3 Å². The fraction of sp³-hybridized carbons (Fsp3) is 0.290. The summed E-state index contributed by atoms with van der Waals surface area (Å²) in [6.07, 6.45) is 3.76. The first kappa shape index (κ1) is 28.8. The number of nitrogens with zero attached hydrogens (tertiary/aromatic N) is 1. The molecule has 0 bridgehead atoms. The van der Waals surface area contributed by atoms with Gasteiger partial charge in [0.2, 0.25) is 5.90 Å². The SMILES string of the molecule is COc1cccc([C@@H]2OC(c3ccc(OCCCO)cc3)=N[C@]2(C/C=C/c2ccccc2)C(=O)NNCCF)c1. The number of ether oxygens (including phenoxy) is 3. The van der Waals surface area contributed by atoms with Gasteiger partial charge in [-0.25, -0.2) is 14.8 Å². The molecule has 3 aromatic rings. The molecule has 1 heterocycles. The molecule has 0 saturated carbocycles. The molecular formula is C31H34FN3O5. The number of carbonyl (C=O) groups excluding carboxylic acids is 1. The number of halogens is 1. The van der Waals surface area contributed by atoms with Gasteiger partial charge in [-0.1, -0.05) is 54.6 Å². The number of aliphatic hydroxyl groups excluding tert-OH is 1. The summed E-state index contributed by atoms with van der Waals surface area (Å²) in [5.41, 5.74) is 6.21. The Hall–Kier alpha value is -4.21. The molecule has 8 nitrogen and oxygen atoms in total. The number of carbonyl (C=O) groups is 1. The maximum absolute atomic E-state index is 13.8. The van der Waals surface area contributed by atoms with Crippen LogP contribution in [0.5, 0.6) is 11.5 Å². The highest BCUT2D eigenvalue weighted by molar-refractivity contribution is 6.01. The van der Waals surface area contributed by atoms with Crippen molar-refractivity contribution in [3.05, 3.63) is 102 Å². The summed E-state index contributed by atoms with van der Waals surface area (Å²) >= 11 is 0. The summed E-state index contributed by atoms with van der Waals surface area (Å²) in [7, 11) is 1.57. The van der Waals surface area contributed by atoms with E-state index in [1.54, 1.807) is 19.2 Å². The number of benzene rings is 3. The molecule has 2 atom stereocenters. The Balaban J connectivity index is 1.73. The number of aliphatic imine (C=N–C) groups is 1. The Morgan fingerprint density at radius 2 is 1.90 bits per heavy atom. The number of hydrogen-bond donors (Lipinski definition) is 3. The number of nitrogens with one attached hydrogen (secondary N) is 2. The molecule has 9 heteroatoms. The van der Waals surface area contributed by atoms with Crippen LogP contribution < -0.4 is 20.3 Å². The second kappa shape index (κ2) is 14.3. The van der Waals surface area contributed by atoms with E-state index < -0.39 is 24.2 Å². The minimum atomic E-state index is -1.41. The molecule has 0 fully saturated rings. The van der Waals surface area contributed by atoms with Crippen molar-refractivity contribution in [3.63, 3.8) is 0 Å². The Bertz CT molecular complexity index is 1300. The first-order valence-electron chi connectivity index (χ1n) is 13.1. The fourth-order valence-electron chi connectivity index (χ4n) is 4.36. The normalized spacial score (nSPS) is 18.3. The van der Waals surface area contributed by atoms with Gasteiger partial charge in [-0.3, -0.25) is 10.2 Å². The van der Waals surface area contributed by atoms with Crippen molar-refractivity contribution in [1.82, 2.24) is 10.9 Å². The summed E-state index contributed by atoms with van der Waals surface area (Å²) in [5.74, 6) is 1.10. The Kier molecular flexibility index (Phi) is 10.3. The Morgan fingerprint density at radius 3 is 2.62 bits per heavy atom. The van der Waals surface area contributed by atoms with Crippen LogP contribution in [0.2, 0.25) is 0 Å². The van der Waals surface area contributed by atoms with E-state index in [1.165, 1.54) is 0 Å². The fourth-order valence-corrected chi connectivity index (χ4v) is 4.36. The van der Waals surface area contributed by atoms with Crippen molar-refractivity contribution in [2.24, 2.45) is 4.99 Å². The highest BCUT2D eigenvalue weighted by Gasteiger charge is 2.52. The molecule has 0 saturated heterocycles. The molecule has 0 aromatic heterocycles. The molecule has 0 spiro atoms. The van der Waals surface area contributed by atoms with Gasteiger partial charge in [0, 0.05) is 31.6 Å². The van der Waals surface area contributed by atoms with E-state index in [1.807, 2.05) is 78.9 Å². The lowest BCUT2D eigenvalue weighted by atomic mass is 9.84. The lowest BCUT2D eigenvalue weighted by Gasteiger charge is -2.30. The second-order valence-corrected chi connectivity index (χ2v) is 9.15. The third-order valence-electron chi connectivity index (χ3n) is 6.39. The molecule has 0 unspecified atom stereocenters. The van der Waals surface area contributed by atoms with E-state index in [2.05, 4.69) is 10.9 Å². The van der Waals surface area contributed by atoms with Gasteiger partial charge >= 0.3 is 0 Å². The van der Waals surface area contributed by atoms with E-state index in [0.29, 0.717) is 41.6 Å². The quantitative estimate of drug-likeness (QED) is 0.204. The number of rotatable bonds is 14. The molecule has 3 aromatic carbocycles. The Morgan fingerprint density at radius 1 is 1.10 bits per heavy atom. The van der Waals surface area contributed by atoms with E-state index in [-0.39, 0.29) is 19.6 Å². The molecular weight excluding hydrogens is 513 g/mol. The highest BCUT2D eigenvalue weighted by atomic mass is 19.1. The summed E-state index contributed by atoms with van der Waals surface area (Å²) in [4.78, 5) is 18.7. The third kappa shape index (κ3) is 7.05. The van der Waals surface area contributed by atoms with Gasteiger partial charge in [-0.05, 0) is 47.5 Å². The van der Waals surface area contributed by atoms with Crippen molar-refractivity contribution >= 4 is 17.9 Å². The lowest BCUT2D eigenvalue weighted by Crippen LogP contribution is -2.52. The number of hydrogen-bond acceptors (Lipinski definition) is 7. The van der Waals surface area contributed by atoms with Crippen LogP contribution in [-0.2, 0) is 9.53 Å². The van der Waals surface area contributed by atoms with Crippen molar-refractivity contribution in [1.29, 1.82) is 0 Å². The highest BCUT2D eigenvalue weighted by Crippen LogP contribution is 2.43. The first-order valence-corrected chi connectivity index (χ1v) is 13.1. The monoisotopic (exact) mass is 547 g/mol. The van der Waals surface area contributed by atoms with Gasteiger partial charge in [-0.2, -0.15) is 0 Å². The molecule has 4 rings (SSSR count). The van der Waals surface area contributed by atoms with Crippen LogP contribution in [0.25, 0.3) is 6.08 Å². The molecule has 1 amide bonds.